The van der Waals surface area contributed by atoms with Crippen LogP contribution in [0.25, 0.3) is 0 Å². The highest BCUT2D eigenvalue weighted by Gasteiger charge is 2.51. The summed E-state index contributed by atoms with van der Waals surface area (Å²) >= 11 is 0. The Bertz CT molecular complexity index is 866. The van der Waals surface area contributed by atoms with Crippen molar-refractivity contribution in [2.45, 2.75) is 56.8 Å². The fourth-order valence-electron chi connectivity index (χ4n) is 6.20. The fourth-order valence-corrected chi connectivity index (χ4v) is 6.20. The lowest BCUT2D eigenvalue weighted by Crippen LogP contribution is -2.50. The first-order valence-corrected chi connectivity index (χ1v) is 11.9. The van der Waals surface area contributed by atoms with Crippen molar-refractivity contribution in [2.75, 3.05) is 13.1 Å². The molecule has 2 saturated carbocycles. The third-order valence-electron chi connectivity index (χ3n) is 7.79. The van der Waals surface area contributed by atoms with Gasteiger partial charge in [-0.2, -0.15) is 0 Å². The van der Waals surface area contributed by atoms with Crippen molar-refractivity contribution in [3.63, 3.8) is 0 Å². The van der Waals surface area contributed by atoms with Crippen LogP contribution in [0.5, 0.6) is 0 Å². The topological polar surface area (TPSA) is 49.8 Å². The summed E-state index contributed by atoms with van der Waals surface area (Å²) in [7, 11) is 0. The van der Waals surface area contributed by atoms with Crippen LogP contribution in [0.15, 0.2) is 60.7 Å². The fraction of sp³-hybridized carbons (Fsp3) is 0.519. The van der Waals surface area contributed by atoms with Gasteiger partial charge in [0, 0.05) is 37.4 Å². The molecule has 0 radical (unpaired) electrons. The zero-order chi connectivity index (χ0) is 21.3. The van der Waals surface area contributed by atoms with Gasteiger partial charge in [0.25, 0.3) is 0 Å². The van der Waals surface area contributed by atoms with E-state index in [0.717, 1.165) is 58.2 Å². The first kappa shape index (κ1) is 20.7. The summed E-state index contributed by atoms with van der Waals surface area (Å²) in [6.07, 6.45) is 6.01. The van der Waals surface area contributed by atoms with E-state index in [2.05, 4.69) is 35.2 Å². The van der Waals surface area contributed by atoms with Crippen LogP contribution < -0.4 is 0 Å². The highest BCUT2D eigenvalue weighted by molar-refractivity contribution is 5.82. The number of nitrogens with zero attached hydrogens (tertiary/aromatic N) is 1. The lowest BCUT2D eigenvalue weighted by Gasteiger charge is -2.40. The normalized spacial score (nSPS) is 28.4. The molecule has 0 spiro atoms. The van der Waals surface area contributed by atoms with Gasteiger partial charge in [-0.3, -0.25) is 4.90 Å². The van der Waals surface area contributed by atoms with Crippen LogP contribution in [-0.2, 0) is 21.7 Å². The number of esters is 1. The molecule has 1 aliphatic heterocycles. The van der Waals surface area contributed by atoms with Crippen molar-refractivity contribution in [2.24, 2.45) is 17.8 Å². The van der Waals surface area contributed by atoms with E-state index >= 15 is 0 Å². The number of benzene rings is 2. The van der Waals surface area contributed by atoms with E-state index in [1.807, 2.05) is 30.3 Å². The first-order chi connectivity index (χ1) is 15.1. The average molecular weight is 420 g/mol. The summed E-state index contributed by atoms with van der Waals surface area (Å²) in [5, 5.41) is 11.7. The molecule has 2 aliphatic carbocycles. The minimum atomic E-state index is -1.53. The molecule has 2 aromatic rings. The first-order valence-electron chi connectivity index (χ1n) is 11.9. The zero-order valence-corrected chi connectivity index (χ0v) is 18.2. The van der Waals surface area contributed by atoms with Gasteiger partial charge < -0.3 is 9.84 Å². The maximum Gasteiger partial charge on any atom is 0.343 e. The Hall–Kier alpha value is -2.17. The highest BCUT2D eigenvalue weighted by Crippen LogP contribution is 2.44. The molecule has 1 saturated heterocycles. The SMILES string of the molecule is O=C(OC1[C@@H]2CC[C@H]1CN(Cc1ccccc1)C2)C(O)(c1ccccc1)C1CCCC1. The van der Waals surface area contributed by atoms with Crippen LogP contribution >= 0.6 is 0 Å². The number of carbonyl (C=O) groups is 1. The van der Waals surface area contributed by atoms with Gasteiger partial charge in [0.2, 0.25) is 0 Å². The number of likely N-dealkylation sites (tertiary alicyclic amines) is 1. The van der Waals surface area contributed by atoms with Crippen LogP contribution in [0.2, 0.25) is 0 Å². The minimum absolute atomic E-state index is 0.0572. The van der Waals surface area contributed by atoms with Crippen LogP contribution in [0, 0.1) is 17.8 Å². The van der Waals surface area contributed by atoms with Gasteiger partial charge in [-0.05, 0) is 36.8 Å². The number of hydrogen-bond acceptors (Lipinski definition) is 4. The van der Waals surface area contributed by atoms with Gasteiger partial charge in [-0.25, -0.2) is 4.79 Å². The van der Waals surface area contributed by atoms with E-state index in [9.17, 15) is 9.90 Å². The van der Waals surface area contributed by atoms with Gasteiger partial charge in [0.1, 0.15) is 6.10 Å². The summed E-state index contributed by atoms with van der Waals surface area (Å²) in [4.78, 5) is 16.0. The third-order valence-corrected chi connectivity index (χ3v) is 7.79. The third kappa shape index (κ3) is 4.04. The zero-order valence-electron chi connectivity index (χ0n) is 18.2. The number of aliphatic hydroxyl groups is 1. The number of fused-ring (bicyclic) bond motifs is 2. The summed E-state index contributed by atoms with van der Waals surface area (Å²) in [5.41, 5.74) is 0.482. The van der Waals surface area contributed by atoms with Crippen LogP contribution in [0.3, 0.4) is 0 Å². The summed E-state index contributed by atoms with van der Waals surface area (Å²) < 4.78 is 6.19. The molecule has 4 heteroatoms. The Morgan fingerprint density at radius 3 is 2.10 bits per heavy atom. The van der Waals surface area contributed by atoms with E-state index in [1.165, 1.54) is 5.56 Å². The number of piperidine rings is 1. The summed E-state index contributed by atoms with van der Waals surface area (Å²) in [5.74, 6) is 0.229. The van der Waals surface area contributed by atoms with E-state index in [0.29, 0.717) is 17.4 Å². The van der Waals surface area contributed by atoms with Crippen molar-refractivity contribution in [1.82, 2.24) is 4.90 Å². The van der Waals surface area contributed by atoms with Gasteiger partial charge in [-0.15, -0.1) is 0 Å². The lowest BCUT2D eigenvalue weighted by atomic mass is 9.80. The molecule has 3 aliphatic rings. The molecule has 31 heavy (non-hydrogen) atoms. The molecule has 2 unspecified atom stereocenters. The molecule has 4 nitrogen and oxygen atoms in total. The number of rotatable bonds is 6. The molecule has 3 fully saturated rings. The van der Waals surface area contributed by atoms with Crippen LogP contribution in [0.4, 0.5) is 0 Å². The molecular weight excluding hydrogens is 386 g/mol. The Balaban J connectivity index is 1.30. The Morgan fingerprint density at radius 1 is 0.903 bits per heavy atom. The van der Waals surface area contributed by atoms with E-state index in [4.69, 9.17) is 4.74 Å². The minimum Gasteiger partial charge on any atom is -0.459 e. The molecule has 164 valence electrons. The molecule has 1 N–H and O–H groups in total. The molecule has 4 atom stereocenters. The largest absolute Gasteiger partial charge is 0.459 e. The predicted molar refractivity (Wildman–Crippen MR) is 120 cm³/mol. The average Bonchev–Trinajstić information content (AvgIpc) is 3.42. The standard InChI is InChI=1S/C27H33NO3/c29-26(27(30,24-13-7-8-14-24)23-11-5-2-6-12-23)31-25-21-15-16-22(25)19-28(18-21)17-20-9-3-1-4-10-20/h1-6,9-12,21-22,24-25,30H,7-8,13-19H2/t21-,22+,25?,27?. The predicted octanol–water partition coefficient (Wildman–Crippen LogP) is 4.52. The second kappa shape index (κ2) is 8.76. The second-order valence-electron chi connectivity index (χ2n) is 9.76. The van der Waals surface area contributed by atoms with Crippen molar-refractivity contribution in [1.29, 1.82) is 0 Å². The molecule has 0 aromatic heterocycles. The van der Waals surface area contributed by atoms with E-state index < -0.39 is 11.6 Å². The molecule has 2 aromatic carbocycles. The maximum absolute atomic E-state index is 13.5. The Morgan fingerprint density at radius 2 is 1.48 bits per heavy atom. The van der Waals surface area contributed by atoms with Crippen molar-refractivity contribution in [3.8, 4) is 0 Å². The lowest BCUT2D eigenvalue weighted by molar-refractivity contribution is -0.186. The number of hydrogen-bond donors (Lipinski definition) is 1. The molecule has 5 rings (SSSR count). The van der Waals surface area contributed by atoms with E-state index in [1.54, 1.807) is 0 Å². The van der Waals surface area contributed by atoms with Crippen molar-refractivity contribution in [3.05, 3.63) is 71.8 Å². The highest BCUT2D eigenvalue weighted by atomic mass is 16.6. The number of carbonyl (C=O) groups excluding carboxylic acids is 1. The van der Waals surface area contributed by atoms with Gasteiger partial charge >= 0.3 is 5.97 Å². The quantitative estimate of drug-likeness (QED) is 0.700. The van der Waals surface area contributed by atoms with Crippen LogP contribution in [-0.4, -0.2) is 35.2 Å². The monoisotopic (exact) mass is 419 g/mol. The second-order valence-corrected chi connectivity index (χ2v) is 9.76. The maximum atomic E-state index is 13.5. The summed E-state index contributed by atoms with van der Waals surface area (Å²) in [6, 6.07) is 20.0. The van der Waals surface area contributed by atoms with Gasteiger partial charge in [-0.1, -0.05) is 73.5 Å². The Kier molecular flexibility index (Phi) is 5.85. The number of ether oxygens (including phenoxy) is 1. The summed E-state index contributed by atoms with van der Waals surface area (Å²) in [6.45, 7) is 2.86. The molecule has 2 bridgehead atoms. The molecular formula is C27H33NO3. The Labute approximate surface area is 185 Å². The van der Waals surface area contributed by atoms with Crippen molar-refractivity contribution >= 4 is 5.97 Å². The molecule has 1 heterocycles. The van der Waals surface area contributed by atoms with Gasteiger partial charge in [0.15, 0.2) is 5.60 Å². The van der Waals surface area contributed by atoms with Gasteiger partial charge in [0.05, 0.1) is 0 Å². The van der Waals surface area contributed by atoms with E-state index in [-0.39, 0.29) is 12.0 Å². The molecule has 0 amide bonds. The smallest absolute Gasteiger partial charge is 0.343 e. The van der Waals surface area contributed by atoms with Crippen LogP contribution in [0.1, 0.15) is 49.7 Å². The van der Waals surface area contributed by atoms with Crippen molar-refractivity contribution < 1.29 is 14.6 Å².